The molecule has 0 aromatic carbocycles. The van der Waals surface area contributed by atoms with Crippen molar-refractivity contribution in [3.8, 4) is 0 Å². The zero-order chi connectivity index (χ0) is 12.1. The van der Waals surface area contributed by atoms with Gasteiger partial charge in [0, 0.05) is 30.5 Å². The van der Waals surface area contributed by atoms with Crippen molar-refractivity contribution in [2.24, 2.45) is 5.41 Å². The molecular weight excluding hydrogens is 232 g/mol. The van der Waals surface area contributed by atoms with Crippen molar-refractivity contribution < 1.29 is 5.11 Å². The van der Waals surface area contributed by atoms with E-state index in [2.05, 4.69) is 22.3 Å². The van der Waals surface area contributed by atoms with E-state index >= 15 is 0 Å². The molecule has 1 heterocycles. The molecule has 0 aliphatic heterocycles. The number of hydrogen-bond donors (Lipinski definition) is 1. The predicted molar refractivity (Wildman–Crippen MR) is 71.1 cm³/mol. The highest BCUT2D eigenvalue weighted by Gasteiger charge is 2.32. The zero-order valence-corrected chi connectivity index (χ0v) is 11.4. The van der Waals surface area contributed by atoms with Gasteiger partial charge in [0.15, 0.2) is 0 Å². The van der Waals surface area contributed by atoms with E-state index in [1.807, 2.05) is 5.51 Å². The molecule has 2 rings (SSSR count). The summed E-state index contributed by atoms with van der Waals surface area (Å²) in [6.07, 6.45) is 6.21. The van der Waals surface area contributed by atoms with E-state index in [9.17, 15) is 5.11 Å². The maximum atomic E-state index is 9.68. The molecule has 0 radical (unpaired) electrons. The Bertz CT molecular complexity index is 320. The van der Waals surface area contributed by atoms with Crippen LogP contribution in [0.3, 0.4) is 0 Å². The third kappa shape index (κ3) is 3.50. The second-order valence-electron chi connectivity index (χ2n) is 5.37. The van der Waals surface area contributed by atoms with Gasteiger partial charge < -0.3 is 5.11 Å². The quantitative estimate of drug-likeness (QED) is 0.877. The molecule has 96 valence electrons. The fourth-order valence-electron chi connectivity index (χ4n) is 2.89. The minimum Gasteiger partial charge on any atom is -0.396 e. The number of aliphatic hydroxyl groups excluding tert-OH is 1. The summed E-state index contributed by atoms with van der Waals surface area (Å²) >= 11 is 1.65. The lowest BCUT2D eigenvalue weighted by molar-refractivity contribution is 0.0461. The lowest BCUT2D eigenvalue weighted by Crippen LogP contribution is -2.39. The van der Waals surface area contributed by atoms with Gasteiger partial charge in [0.1, 0.15) is 0 Å². The number of thiazole rings is 1. The molecule has 1 N–H and O–H groups in total. The highest BCUT2D eigenvalue weighted by molar-refractivity contribution is 7.07. The van der Waals surface area contributed by atoms with Crippen molar-refractivity contribution >= 4 is 11.3 Å². The second-order valence-corrected chi connectivity index (χ2v) is 6.09. The minimum absolute atomic E-state index is 0.142. The third-order valence-corrected chi connectivity index (χ3v) is 4.41. The van der Waals surface area contributed by atoms with Crippen LogP contribution in [0.1, 0.15) is 37.8 Å². The molecule has 1 aliphatic rings. The molecule has 0 spiro atoms. The summed E-state index contributed by atoms with van der Waals surface area (Å²) in [4.78, 5) is 6.61. The van der Waals surface area contributed by atoms with Crippen LogP contribution in [0.5, 0.6) is 0 Å². The van der Waals surface area contributed by atoms with E-state index in [1.165, 1.54) is 32.1 Å². The smallest absolute Gasteiger partial charge is 0.0795 e. The van der Waals surface area contributed by atoms with Crippen LogP contribution in [0, 0.1) is 5.41 Å². The summed E-state index contributed by atoms with van der Waals surface area (Å²) in [6.45, 7) is 2.21. The summed E-state index contributed by atoms with van der Waals surface area (Å²) in [6, 6.07) is 0. The first kappa shape index (κ1) is 13.0. The Morgan fingerprint density at radius 3 is 2.76 bits per heavy atom. The fraction of sp³-hybridized carbons (Fsp3) is 0.769. The summed E-state index contributed by atoms with van der Waals surface area (Å²) in [5.41, 5.74) is 3.16. The van der Waals surface area contributed by atoms with Gasteiger partial charge in [0.2, 0.25) is 0 Å². The second kappa shape index (κ2) is 5.94. The molecule has 17 heavy (non-hydrogen) atoms. The van der Waals surface area contributed by atoms with Crippen LogP contribution in [0.15, 0.2) is 10.9 Å². The van der Waals surface area contributed by atoms with Crippen molar-refractivity contribution in [2.75, 3.05) is 20.2 Å². The Labute approximate surface area is 107 Å². The molecule has 0 unspecified atom stereocenters. The SMILES string of the molecule is CN(Cc1cscn1)CC1(CO)CCCCC1. The molecule has 1 aromatic rings. The molecule has 3 nitrogen and oxygen atoms in total. The maximum Gasteiger partial charge on any atom is 0.0795 e. The Morgan fingerprint density at radius 1 is 1.41 bits per heavy atom. The van der Waals surface area contributed by atoms with Gasteiger partial charge >= 0.3 is 0 Å². The van der Waals surface area contributed by atoms with Crippen LogP contribution in [0.2, 0.25) is 0 Å². The average molecular weight is 254 g/mol. The molecule has 4 heteroatoms. The molecular formula is C13H22N2OS. The lowest BCUT2D eigenvalue weighted by atomic mass is 9.74. The van der Waals surface area contributed by atoms with E-state index in [4.69, 9.17) is 0 Å². The molecule has 1 fully saturated rings. The summed E-state index contributed by atoms with van der Waals surface area (Å²) in [7, 11) is 2.13. The summed E-state index contributed by atoms with van der Waals surface area (Å²) < 4.78 is 0. The van der Waals surface area contributed by atoms with Gasteiger partial charge in [-0.15, -0.1) is 11.3 Å². The minimum atomic E-state index is 0.142. The number of aromatic nitrogens is 1. The Kier molecular flexibility index (Phi) is 4.54. The van der Waals surface area contributed by atoms with Gasteiger partial charge in [-0.3, -0.25) is 4.90 Å². The molecule has 0 atom stereocenters. The maximum absolute atomic E-state index is 9.68. The van der Waals surface area contributed by atoms with Crippen LogP contribution >= 0.6 is 11.3 Å². The first-order valence-electron chi connectivity index (χ1n) is 6.41. The van der Waals surface area contributed by atoms with Crippen molar-refractivity contribution in [1.29, 1.82) is 0 Å². The highest BCUT2D eigenvalue weighted by Crippen LogP contribution is 2.36. The van der Waals surface area contributed by atoms with E-state index in [0.717, 1.165) is 18.8 Å². The molecule has 1 aromatic heterocycles. The first-order valence-corrected chi connectivity index (χ1v) is 7.35. The number of nitrogens with zero attached hydrogens (tertiary/aromatic N) is 2. The van der Waals surface area contributed by atoms with Crippen LogP contribution in [-0.4, -0.2) is 35.2 Å². The topological polar surface area (TPSA) is 36.4 Å². The van der Waals surface area contributed by atoms with Gasteiger partial charge in [-0.1, -0.05) is 19.3 Å². The molecule has 0 amide bonds. The van der Waals surface area contributed by atoms with E-state index < -0.39 is 0 Å². The highest BCUT2D eigenvalue weighted by atomic mass is 32.1. The Balaban J connectivity index is 1.89. The average Bonchev–Trinajstić information content (AvgIpc) is 2.83. The zero-order valence-electron chi connectivity index (χ0n) is 10.6. The molecule has 0 bridgehead atoms. The Morgan fingerprint density at radius 2 is 2.18 bits per heavy atom. The van der Waals surface area contributed by atoms with Crippen LogP contribution in [0.25, 0.3) is 0 Å². The van der Waals surface area contributed by atoms with E-state index in [-0.39, 0.29) is 5.41 Å². The predicted octanol–water partition coefficient (Wildman–Crippen LogP) is 2.52. The van der Waals surface area contributed by atoms with Crippen molar-refractivity contribution in [1.82, 2.24) is 9.88 Å². The van der Waals surface area contributed by atoms with Gasteiger partial charge in [-0.2, -0.15) is 0 Å². The van der Waals surface area contributed by atoms with Crippen molar-refractivity contribution in [2.45, 2.75) is 38.6 Å². The van der Waals surface area contributed by atoms with Crippen LogP contribution < -0.4 is 0 Å². The van der Waals surface area contributed by atoms with Gasteiger partial charge in [-0.25, -0.2) is 4.98 Å². The molecule has 1 aliphatic carbocycles. The lowest BCUT2D eigenvalue weighted by Gasteiger charge is -2.38. The van der Waals surface area contributed by atoms with Crippen molar-refractivity contribution in [3.63, 3.8) is 0 Å². The van der Waals surface area contributed by atoms with Crippen LogP contribution in [0.4, 0.5) is 0 Å². The van der Waals surface area contributed by atoms with E-state index in [1.54, 1.807) is 11.3 Å². The number of hydrogen-bond acceptors (Lipinski definition) is 4. The normalized spacial score (nSPS) is 19.7. The number of aliphatic hydroxyl groups is 1. The molecule has 1 saturated carbocycles. The van der Waals surface area contributed by atoms with Gasteiger partial charge in [-0.05, 0) is 19.9 Å². The third-order valence-electron chi connectivity index (χ3n) is 3.77. The van der Waals surface area contributed by atoms with Crippen molar-refractivity contribution in [3.05, 3.63) is 16.6 Å². The van der Waals surface area contributed by atoms with Gasteiger partial charge in [0.05, 0.1) is 11.2 Å². The van der Waals surface area contributed by atoms with E-state index in [0.29, 0.717) is 6.61 Å². The molecule has 0 saturated heterocycles. The first-order chi connectivity index (χ1) is 8.24. The standard InChI is InChI=1S/C13H22N2OS/c1-15(7-12-8-17-11-14-12)9-13(10-16)5-3-2-4-6-13/h8,11,16H,2-7,9-10H2,1H3. The summed E-state index contributed by atoms with van der Waals surface area (Å²) in [5.74, 6) is 0. The largest absolute Gasteiger partial charge is 0.396 e. The fourth-order valence-corrected chi connectivity index (χ4v) is 3.44. The van der Waals surface area contributed by atoms with Gasteiger partial charge in [0.25, 0.3) is 0 Å². The summed E-state index contributed by atoms with van der Waals surface area (Å²) in [5, 5.41) is 11.8. The monoisotopic (exact) mass is 254 g/mol. The Hall–Kier alpha value is -0.450. The number of rotatable bonds is 5. The van der Waals surface area contributed by atoms with Crippen LogP contribution in [-0.2, 0) is 6.54 Å².